The summed E-state index contributed by atoms with van der Waals surface area (Å²) < 4.78 is 26.1. The molecule has 158 valence electrons. The Morgan fingerprint density at radius 1 is 1.25 bits per heavy atom. The van der Waals surface area contributed by atoms with Crippen molar-refractivity contribution in [3.63, 3.8) is 0 Å². The standard InChI is InChI=1S/C20H33N3O3S2/c1-17-8-12-22(13-9-17)18(19-6-4-14-27-19)16-21-20(24)7-5-15-28(25,26)23-10-2-3-11-23/h4,6,14,17-18H,2-3,5,7-13,15-16H2,1H3,(H,21,24). The summed E-state index contributed by atoms with van der Waals surface area (Å²) in [4.78, 5) is 16.1. The molecule has 1 unspecified atom stereocenters. The van der Waals surface area contributed by atoms with E-state index in [2.05, 4.69) is 34.7 Å². The van der Waals surface area contributed by atoms with Gasteiger partial charge in [-0.3, -0.25) is 9.69 Å². The molecular weight excluding hydrogens is 394 g/mol. The monoisotopic (exact) mass is 427 g/mol. The number of carbonyl (C=O) groups is 1. The van der Waals surface area contributed by atoms with Crippen molar-refractivity contribution in [1.82, 2.24) is 14.5 Å². The molecule has 8 heteroatoms. The van der Waals surface area contributed by atoms with Crippen molar-refractivity contribution in [1.29, 1.82) is 0 Å². The topological polar surface area (TPSA) is 69.7 Å². The smallest absolute Gasteiger partial charge is 0.220 e. The molecule has 2 fully saturated rings. The van der Waals surface area contributed by atoms with E-state index >= 15 is 0 Å². The summed E-state index contributed by atoms with van der Waals surface area (Å²) >= 11 is 1.73. The van der Waals surface area contributed by atoms with Crippen molar-refractivity contribution in [3.8, 4) is 0 Å². The zero-order valence-electron chi connectivity index (χ0n) is 16.8. The Kier molecular flexibility index (Phi) is 7.91. The van der Waals surface area contributed by atoms with Crippen LogP contribution in [0.5, 0.6) is 0 Å². The lowest BCUT2D eigenvalue weighted by atomic mass is 9.97. The maximum Gasteiger partial charge on any atom is 0.220 e. The number of rotatable bonds is 9. The van der Waals surface area contributed by atoms with E-state index in [0.29, 0.717) is 26.1 Å². The fourth-order valence-corrected chi connectivity index (χ4v) is 6.48. The fourth-order valence-electron chi connectivity index (χ4n) is 4.04. The number of piperidine rings is 1. The van der Waals surface area contributed by atoms with Crippen molar-refractivity contribution < 1.29 is 13.2 Å². The second-order valence-corrected chi connectivity index (χ2v) is 11.1. The molecule has 2 aliphatic rings. The highest BCUT2D eigenvalue weighted by molar-refractivity contribution is 7.89. The molecule has 1 aromatic rings. The van der Waals surface area contributed by atoms with Crippen molar-refractivity contribution in [2.45, 2.75) is 51.5 Å². The number of thiophene rings is 1. The fraction of sp³-hybridized carbons (Fsp3) is 0.750. The van der Waals surface area contributed by atoms with E-state index in [1.165, 1.54) is 17.7 Å². The summed E-state index contributed by atoms with van der Waals surface area (Å²) in [5.74, 6) is 0.787. The van der Waals surface area contributed by atoms with Gasteiger partial charge in [-0.15, -0.1) is 11.3 Å². The zero-order chi connectivity index (χ0) is 20.0. The van der Waals surface area contributed by atoms with Crippen molar-refractivity contribution in [3.05, 3.63) is 22.4 Å². The largest absolute Gasteiger partial charge is 0.354 e. The number of nitrogens with zero attached hydrogens (tertiary/aromatic N) is 2. The van der Waals surface area contributed by atoms with E-state index in [0.717, 1.165) is 31.8 Å². The Bertz CT molecular complexity index is 707. The van der Waals surface area contributed by atoms with Crippen LogP contribution < -0.4 is 5.32 Å². The van der Waals surface area contributed by atoms with Gasteiger partial charge in [0.25, 0.3) is 0 Å². The van der Waals surface area contributed by atoms with Crippen LogP contribution >= 0.6 is 11.3 Å². The summed E-state index contributed by atoms with van der Waals surface area (Å²) in [7, 11) is -3.20. The van der Waals surface area contributed by atoms with Crippen LogP contribution in [0.4, 0.5) is 0 Å². The second-order valence-electron chi connectivity index (χ2n) is 8.08. The van der Waals surface area contributed by atoms with E-state index < -0.39 is 10.0 Å². The molecule has 28 heavy (non-hydrogen) atoms. The first-order valence-electron chi connectivity index (χ1n) is 10.5. The Morgan fingerprint density at radius 2 is 1.96 bits per heavy atom. The third-order valence-corrected chi connectivity index (χ3v) is 8.82. The maximum absolute atomic E-state index is 12.3. The molecule has 1 aromatic heterocycles. The molecule has 2 aliphatic heterocycles. The van der Waals surface area contributed by atoms with Gasteiger partial charge < -0.3 is 5.32 Å². The number of amides is 1. The van der Waals surface area contributed by atoms with Crippen LogP contribution in [0.3, 0.4) is 0 Å². The van der Waals surface area contributed by atoms with Gasteiger partial charge in [0.05, 0.1) is 11.8 Å². The third-order valence-electron chi connectivity index (χ3n) is 5.89. The number of sulfonamides is 1. The minimum Gasteiger partial charge on any atom is -0.354 e. The lowest BCUT2D eigenvalue weighted by molar-refractivity contribution is -0.121. The number of likely N-dealkylation sites (tertiary alicyclic amines) is 1. The molecule has 0 saturated carbocycles. The maximum atomic E-state index is 12.3. The molecule has 1 N–H and O–H groups in total. The van der Waals surface area contributed by atoms with Crippen LogP contribution in [0.2, 0.25) is 0 Å². The molecule has 1 amide bonds. The summed E-state index contributed by atoms with van der Waals surface area (Å²) in [6.07, 6.45) is 4.93. The Labute approximate surface area is 173 Å². The lowest BCUT2D eigenvalue weighted by Crippen LogP contribution is -2.41. The van der Waals surface area contributed by atoms with E-state index in [9.17, 15) is 13.2 Å². The van der Waals surface area contributed by atoms with Gasteiger partial charge in [-0.2, -0.15) is 0 Å². The molecule has 0 radical (unpaired) electrons. The first-order chi connectivity index (χ1) is 13.5. The SMILES string of the molecule is CC1CCN(C(CNC(=O)CCCS(=O)(=O)N2CCCC2)c2cccs2)CC1. The van der Waals surface area contributed by atoms with Crippen molar-refractivity contribution in [2.24, 2.45) is 5.92 Å². The van der Waals surface area contributed by atoms with Gasteiger partial charge in [-0.1, -0.05) is 13.0 Å². The molecule has 0 spiro atoms. The summed E-state index contributed by atoms with van der Waals surface area (Å²) in [5, 5.41) is 5.14. The second kappa shape index (κ2) is 10.2. The number of hydrogen-bond acceptors (Lipinski definition) is 5. The van der Waals surface area contributed by atoms with E-state index in [4.69, 9.17) is 0 Å². The highest BCUT2D eigenvalue weighted by atomic mass is 32.2. The average molecular weight is 428 g/mol. The summed E-state index contributed by atoms with van der Waals surface area (Å²) in [6.45, 7) is 6.28. The minimum absolute atomic E-state index is 0.0523. The molecular formula is C20H33N3O3S2. The summed E-state index contributed by atoms with van der Waals surface area (Å²) in [6, 6.07) is 4.41. The molecule has 6 nitrogen and oxygen atoms in total. The van der Waals surface area contributed by atoms with E-state index in [-0.39, 0.29) is 24.1 Å². The van der Waals surface area contributed by atoms with Gasteiger partial charge in [-0.25, -0.2) is 12.7 Å². The average Bonchev–Trinajstić information content (AvgIpc) is 3.38. The molecule has 2 saturated heterocycles. The van der Waals surface area contributed by atoms with E-state index in [1.54, 1.807) is 15.6 Å². The molecule has 3 rings (SSSR count). The number of carbonyl (C=O) groups excluding carboxylic acids is 1. The normalized spacial score (nSPS) is 21.0. The molecule has 1 atom stereocenters. The number of hydrogen-bond donors (Lipinski definition) is 1. The molecule has 3 heterocycles. The predicted molar refractivity (Wildman–Crippen MR) is 114 cm³/mol. The van der Waals surface area contributed by atoms with Crippen LogP contribution in [0.25, 0.3) is 0 Å². The van der Waals surface area contributed by atoms with Crippen molar-refractivity contribution in [2.75, 3.05) is 38.5 Å². The predicted octanol–water partition coefficient (Wildman–Crippen LogP) is 2.84. The van der Waals surface area contributed by atoms with Gasteiger partial charge in [0.15, 0.2) is 0 Å². The lowest BCUT2D eigenvalue weighted by Gasteiger charge is -2.36. The van der Waals surface area contributed by atoms with Gasteiger partial charge in [0, 0.05) is 30.9 Å². The van der Waals surface area contributed by atoms with Crippen LogP contribution in [-0.2, 0) is 14.8 Å². The first-order valence-corrected chi connectivity index (χ1v) is 13.0. The zero-order valence-corrected chi connectivity index (χ0v) is 18.4. The molecule has 0 bridgehead atoms. The Morgan fingerprint density at radius 3 is 2.61 bits per heavy atom. The quantitative estimate of drug-likeness (QED) is 0.658. The van der Waals surface area contributed by atoms with E-state index in [1.807, 2.05) is 0 Å². The first kappa shape index (κ1) is 21.7. The van der Waals surface area contributed by atoms with Crippen molar-refractivity contribution >= 4 is 27.3 Å². The molecule has 0 aromatic carbocycles. The van der Waals surface area contributed by atoms with Crippen LogP contribution in [0.15, 0.2) is 17.5 Å². The van der Waals surface area contributed by atoms with Crippen LogP contribution in [0, 0.1) is 5.92 Å². The molecule has 0 aliphatic carbocycles. The summed E-state index contributed by atoms with van der Waals surface area (Å²) in [5.41, 5.74) is 0. The number of nitrogens with one attached hydrogen (secondary N) is 1. The minimum atomic E-state index is -3.20. The third kappa shape index (κ3) is 6.02. The Hall–Kier alpha value is -0.960. The van der Waals surface area contributed by atoms with Gasteiger partial charge in [-0.05, 0) is 62.6 Å². The van der Waals surface area contributed by atoms with Crippen LogP contribution in [0.1, 0.15) is 56.4 Å². The van der Waals surface area contributed by atoms with Crippen LogP contribution in [-0.4, -0.2) is 62.0 Å². The van der Waals surface area contributed by atoms with Gasteiger partial charge >= 0.3 is 0 Å². The highest BCUT2D eigenvalue weighted by Gasteiger charge is 2.27. The van der Waals surface area contributed by atoms with Gasteiger partial charge in [0.1, 0.15) is 0 Å². The van der Waals surface area contributed by atoms with Gasteiger partial charge in [0.2, 0.25) is 15.9 Å². The Balaban J connectivity index is 1.45. The highest BCUT2D eigenvalue weighted by Crippen LogP contribution is 2.29.